The largest absolute Gasteiger partial charge is 1.00 e. The molecule has 10 aromatic rings. The Morgan fingerprint density at radius 2 is 0.889 bits per heavy atom. The van der Waals surface area contributed by atoms with E-state index >= 15 is 0 Å². The summed E-state index contributed by atoms with van der Waals surface area (Å²) in [6.07, 6.45) is 13.6. The van der Waals surface area contributed by atoms with Gasteiger partial charge in [-0.05, 0) is 133 Å². The fraction of sp³-hybridized carbons (Fsp3) is 0.314. The summed E-state index contributed by atoms with van der Waals surface area (Å²) in [5.74, 6) is 0. The molecule has 0 bridgehead atoms. The molecule has 7 aromatic heterocycles. The van der Waals surface area contributed by atoms with Gasteiger partial charge in [0.05, 0.1) is 115 Å². The van der Waals surface area contributed by atoms with Crippen LogP contribution < -0.4 is 18.9 Å². The molecule has 0 saturated heterocycles. The van der Waals surface area contributed by atoms with Gasteiger partial charge in [0.15, 0.2) is 16.6 Å². The number of fused-ring (bicyclic) bond motifs is 9. The molecule has 2 N–H and O–H groups in total. The molecule has 0 fully saturated rings. The van der Waals surface area contributed by atoms with E-state index in [4.69, 9.17) is 18.9 Å². The zero-order valence-corrected chi connectivity index (χ0v) is 60.0. The van der Waals surface area contributed by atoms with Gasteiger partial charge in [-0.25, -0.2) is 24.9 Å². The van der Waals surface area contributed by atoms with Crippen LogP contribution in [0, 0.1) is 6.92 Å². The van der Waals surface area contributed by atoms with Gasteiger partial charge in [-0.15, -0.1) is 12.4 Å². The Labute approximate surface area is 569 Å². The van der Waals surface area contributed by atoms with E-state index < -0.39 is 16.6 Å². The van der Waals surface area contributed by atoms with Gasteiger partial charge in [0.25, 0.3) is 0 Å². The molecule has 2 atom stereocenters. The molecule has 90 heavy (non-hydrogen) atoms. The van der Waals surface area contributed by atoms with Crippen molar-refractivity contribution in [2.75, 3.05) is 0 Å². The van der Waals surface area contributed by atoms with Gasteiger partial charge in [-0.1, -0.05) is 152 Å². The molecule has 0 radical (unpaired) electrons. The standard InChI is InChI=1S/C22H27N3OSi.C16H13N3O.C12H20BrNOSi.C10H8N2.C6H6BrNO.C4H9.ClH.Li/c1-22(2,3)27(4,5)26-14-16-9-8-12-19(24-16)21-18-11-7-6-10-17(18)20-13-23-15-25(20)21;20-9-11-4-3-7-14(18-11)16-13-6-2-1-5-12(13)15-8-17-10-19(15)16;1-12(2,3)16(4,5)15-9-10-7-6-8-11(13)14-10;1-2-4-9-8(3-1)6-12-7-11-5-10(9)12;7-6-3-1-2-5(4-9)8-6;1-3-4-2;;/h6-13,15,21H,14H2,1-5H3;1-8,10,16,20H,9H2;6-8H,9H2,1-5H3;1-5,7H,6H2;1-3,9H,4H2;1,3-4H2,2H3;1H;/q;;;;;-1;;+1. The van der Waals surface area contributed by atoms with E-state index in [1.807, 2.05) is 98.2 Å². The second-order valence-electron chi connectivity index (χ2n) is 24.7. The first-order chi connectivity index (χ1) is 42.1. The molecule has 2 unspecified atom stereocenters. The number of benzene rings is 3. The molecule has 468 valence electrons. The van der Waals surface area contributed by atoms with Gasteiger partial charge in [-0.2, -0.15) is 6.42 Å². The fourth-order valence-corrected chi connectivity index (χ4v) is 12.2. The number of hydrogen-bond donors (Lipinski definition) is 2. The summed E-state index contributed by atoms with van der Waals surface area (Å²) < 4.78 is 20.6. The number of aliphatic hydroxyl groups excluding tert-OH is 2. The van der Waals surface area contributed by atoms with Crippen LogP contribution in [0.15, 0.2) is 192 Å². The average Bonchev–Trinajstić information content (AvgIpc) is 1.70. The fourth-order valence-electron chi connectivity index (χ4n) is 9.52. The number of aliphatic hydroxyl groups is 2. The maximum absolute atomic E-state index is 9.27. The van der Waals surface area contributed by atoms with Gasteiger partial charge in [0, 0.05) is 23.2 Å². The summed E-state index contributed by atoms with van der Waals surface area (Å²) in [6, 6.07) is 48.8. The predicted octanol–water partition coefficient (Wildman–Crippen LogP) is 14.5. The molecule has 3 aromatic carbocycles. The number of halogens is 3. The third-order valence-corrected chi connectivity index (χ3v) is 26.4. The zero-order chi connectivity index (χ0) is 63.2. The van der Waals surface area contributed by atoms with Crippen molar-refractivity contribution in [1.29, 1.82) is 0 Å². The maximum Gasteiger partial charge on any atom is 1.00 e. The molecule has 3 aliphatic rings. The minimum atomic E-state index is -1.80. The monoisotopic (exact) mass is 1380 g/mol. The number of rotatable bonds is 11. The van der Waals surface area contributed by atoms with Crippen molar-refractivity contribution in [3.05, 3.63) is 250 Å². The summed E-state index contributed by atoms with van der Waals surface area (Å²) in [6.45, 7) is 30.4. The van der Waals surface area contributed by atoms with Crippen molar-refractivity contribution < 1.29 is 37.9 Å². The second kappa shape index (κ2) is 33.0. The third-order valence-electron chi connectivity index (χ3n) is 16.5. The van der Waals surface area contributed by atoms with E-state index in [9.17, 15) is 5.11 Å². The zero-order valence-electron chi connectivity index (χ0n) is 54.0. The van der Waals surface area contributed by atoms with Crippen molar-refractivity contribution in [2.24, 2.45) is 0 Å². The smallest absolute Gasteiger partial charge is 0.411 e. The van der Waals surface area contributed by atoms with Gasteiger partial charge in [0.1, 0.15) is 21.3 Å². The first-order valence-corrected chi connectivity index (χ1v) is 37.2. The Hall–Kier alpha value is -5.99. The Bertz CT molecular complexity index is 3880. The van der Waals surface area contributed by atoms with Crippen LogP contribution in [0.5, 0.6) is 0 Å². The van der Waals surface area contributed by atoms with E-state index in [0.717, 1.165) is 56.3 Å². The molecule has 0 saturated carbocycles. The molecular formula is C70H84Br2ClLiN10O4Si2. The van der Waals surface area contributed by atoms with E-state index in [-0.39, 0.29) is 66.6 Å². The Morgan fingerprint density at radius 3 is 1.33 bits per heavy atom. The predicted molar refractivity (Wildman–Crippen MR) is 372 cm³/mol. The summed E-state index contributed by atoms with van der Waals surface area (Å²) in [7, 11) is -3.46. The molecule has 0 aliphatic carbocycles. The SMILES string of the molecule is CC(C)(C)[Si](C)(C)OCc1cccc(Br)n1.CC(C)(C)[Si](C)(C)OCc1cccc(C2c3ccccc3-c3cncn32)n1.Cl.OCc1cccc(Br)n1.OCc1cccc(C2c3ccccc3-c3cncn32)n1.[CH2-]CCC.[Li+].c1ccc2c(c1)Cn1cncc1-2. The third kappa shape index (κ3) is 18.2. The first kappa shape index (κ1) is 73.1. The van der Waals surface area contributed by atoms with Crippen LogP contribution in [-0.4, -0.2) is 75.4 Å². The van der Waals surface area contributed by atoms with Crippen LogP contribution in [0.1, 0.15) is 124 Å². The Morgan fingerprint density at radius 1 is 0.511 bits per heavy atom. The van der Waals surface area contributed by atoms with E-state index in [0.29, 0.717) is 24.6 Å². The maximum atomic E-state index is 9.27. The van der Waals surface area contributed by atoms with Gasteiger partial charge < -0.3 is 39.7 Å². The van der Waals surface area contributed by atoms with Crippen LogP contribution in [0.4, 0.5) is 0 Å². The van der Waals surface area contributed by atoms with Crippen LogP contribution in [0.25, 0.3) is 33.8 Å². The van der Waals surface area contributed by atoms with Gasteiger partial charge in [0.2, 0.25) is 0 Å². The minimum Gasteiger partial charge on any atom is -0.411 e. The molecular weight excluding hydrogens is 1300 g/mol. The van der Waals surface area contributed by atoms with Crippen molar-refractivity contribution in [3.8, 4) is 33.8 Å². The van der Waals surface area contributed by atoms with Crippen LogP contribution in [0.3, 0.4) is 0 Å². The van der Waals surface area contributed by atoms with Crippen LogP contribution >= 0.6 is 44.3 Å². The number of pyridine rings is 4. The van der Waals surface area contributed by atoms with E-state index in [1.54, 1.807) is 6.07 Å². The first-order valence-electron chi connectivity index (χ1n) is 29.8. The topological polar surface area (TPSA) is 164 Å². The Kier molecular flexibility index (Phi) is 26.8. The van der Waals surface area contributed by atoms with Crippen LogP contribution in [0.2, 0.25) is 36.3 Å². The van der Waals surface area contributed by atoms with Crippen LogP contribution in [-0.2, 0) is 41.8 Å². The summed E-state index contributed by atoms with van der Waals surface area (Å²) in [4.78, 5) is 30.6. The van der Waals surface area contributed by atoms with E-state index in [1.165, 1.54) is 45.5 Å². The second-order valence-corrected chi connectivity index (χ2v) is 35.9. The average molecular weight is 1390 g/mol. The molecule has 10 heterocycles. The molecule has 20 heteroatoms. The molecule has 14 nitrogen and oxygen atoms in total. The van der Waals surface area contributed by atoms with Crippen molar-refractivity contribution in [3.63, 3.8) is 0 Å². The van der Waals surface area contributed by atoms with Crippen molar-refractivity contribution >= 4 is 60.9 Å². The normalized spacial score (nSPS) is 13.7. The number of unbranched alkanes of at least 4 members (excludes halogenated alkanes) is 1. The molecule has 3 aliphatic heterocycles. The quantitative estimate of drug-likeness (QED) is 0.0719. The minimum absolute atomic E-state index is 0. The summed E-state index contributed by atoms with van der Waals surface area (Å²) in [5.41, 5.74) is 16.5. The summed E-state index contributed by atoms with van der Waals surface area (Å²) >= 11 is 6.55. The molecule has 0 amide bonds. The van der Waals surface area contributed by atoms with Gasteiger partial charge in [-0.3, -0.25) is 9.97 Å². The number of hydrogen-bond acceptors (Lipinski definition) is 11. The summed E-state index contributed by atoms with van der Waals surface area (Å²) in [5, 5.41) is 18.3. The number of imidazole rings is 3. The van der Waals surface area contributed by atoms with Crippen molar-refractivity contribution in [1.82, 2.24) is 48.6 Å². The van der Waals surface area contributed by atoms with Crippen molar-refractivity contribution in [2.45, 2.75) is 143 Å². The molecule has 13 rings (SSSR count). The van der Waals surface area contributed by atoms with E-state index in [2.05, 4.69) is 236 Å². The van der Waals surface area contributed by atoms with Gasteiger partial charge >= 0.3 is 18.9 Å². The Balaban J connectivity index is 0.000000183. The molecule has 0 spiro atoms. The number of aromatic nitrogens is 10. The number of nitrogens with zero attached hydrogens (tertiary/aromatic N) is 10.